The average molecular weight is 373 g/mol. The van der Waals surface area contributed by atoms with Crippen LogP contribution in [0.4, 0.5) is 5.69 Å². The molecular formula is C20H21ClN2O3. The highest BCUT2D eigenvalue weighted by atomic mass is 35.5. The lowest BCUT2D eigenvalue weighted by Crippen LogP contribution is -2.27. The summed E-state index contributed by atoms with van der Waals surface area (Å²) in [6, 6.07) is 13.2. The molecule has 1 aliphatic rings. The highest BCUT2D eigenvalue weighted by molar-refractivity contribution is 6.30. The Bertz CT molecular complexity index is 877. The van der Waals surface area contributed by atoms with Gasteiger partial charge in [-0.25, -0.2) is 4.79 Å². The van der Waals surface area contributed by atoms with E-state index in [0.717, 1.165) is 16.8 Å². The van der Waals surface area contributed by atoms with Gasteiger partial charge in [0.25, 0.3) is 0 Å². The van der Waals surface area contributed by atoms with Crippen LogP contribution < -0.4 is 15.4 Å². The summed E-state index contributed by atoms with van der Waals surface area (Å²) in [4.78, 5) is 14.6. The largest absolute Gasteiger partial charge is 0.462 e. The molecule has 1 heterocycles. The van der Waals surface area contributed by atoms with E-state index in [0.29, 0.717) is 16.3 Å². The zero-order chi connectivity index (χ0) is 18.8. The van der Waals surface area contributed by atoms with Gasteiger partial charge < -0.3 is 20.1 Å². The van der Waals surface area contributed by atoms with Crippen LogP contribution in [0.15, 0.2) is 53.9 Å². The van der Waals surface area contributed by atoms with Gasteiger partial charge in [0, 0.05) is 36.4 Å². The molecule has 1 atom stereocenters. The molecule has 26 heavy (non-hydrogen) atoms. The second-order valence-electron chi connectivity index (χ2n) is 6.21. The van der Waals surface area contributed by atoms with Gasteiger partial charge in [-0.2, -0.15) is 0 Å². The molecule has 3 rings (SSSR count). The zero-order valence-electron chi connectivity index (χ0n) is 15.0. The highest BCUT2D eigenvalue weighted by Crippen LogP contribution is 2.44. The molecule has 0 aromatic heterocycles. The molecule has 1 aliphatic heterocycles. The molecule has 0 bridgehead atoms. The van der Waals surface area contributed by atoms with Crippen molar-refractivity contribution in [1.82, 2.24) is 0 Å². The predicted molar refractivity (Wildman–Crippen MR) is 103 cm³/mol. The van der Waals surface area contributed by atoms with Crippen LogP contribution >= 0.6 is 11.6 Å². The van der Waals surface area contributed by atoms with Gasteiger partial charge in [-0.15, -0.1) is 0 Å². The number of nitrogens with zero attached hydrogens (tertiary/aromatic N) is 1. The molecular weight excluding hydrogens is 352 g/mol. The minimum absolute atomic E-state index is 0.0526. The maximum absolute atomic E-state index is 12.6. The Morgan fingerprint density at radius 1 is 1.27 bits per heavy atom. The van der Waals surface area contributed by atoms with E-state index < -0.39 is 11.9 Å². The van der Waals surface area contributed by atoms with Gasteiger partial charge in [-0.05, 0) is 30.7 Å². The van der Waals surface area contributed by atoms with Crippen LogP contribution in [0.3, 0.4) is 0 Å². The fourth-order valence-electron chi connectivity index (χ4n) is 3.06. The molecule has 0 fully saturated rings. The number of carbonyl (C=O) groups excluding carboxylic acids is 1. The Kier molecular flexibility index (Phi) is 5.09. The summed E-state index contributed by atoms with van der Waals surface area (Å²) < 4.78 is 11.0. The fourth-order valence-corrected chi connectivity index (χ4v) is 3.26. The first kappa shape index (κ1) is 18.1. The smallest absolute Gasteiger partial charge is 0.340 e. The van der Waals surface area contributed by atoms with Crippen molar-refractivity contribution in [3.8, 4) is 5.75 Å². The van der Waals surface area contributed by atoms with Crippen molar-refractivity contribution in [2.45, 2.75) is 12.8 Å². The molecule has 2 aromatic rings. The third kappa shape index (κ3) is 3.35. The van der Waals surface area contributed by atoms with E-state index >= 15 is 0 Å². The molecule has 0 aliphatic carbocycles. The maximum atomic E-state index is 12.6. The first-order valence-corrected chi connectivity index (χ1v) is 8.71. The van der Waals surface area contributed by atoms with Crippen LogP contribution in [-0.4, -0.2) is 26.7 Å². The maximum Gasteiger partial charge on any atom is 0.340 e. The van der Waals surface area contributed by atoms with Crippen molar-refractivity contribution in [2.24, 2.45) is 5.73 Å². The number of carbonyl (C=O) groups is 1. The van der Waals surface area contributed by atoms with Crippen molar-refractivity contribution in [1.29, 1.82) is 0 Å². The molecule has 0 spiro atoms. The van der Waals surface area contributed by atoms with E-state index in [9.17, 15) is 4.79 Å². The van der Waals surface area contributed by atoms with Crippen LogP contribution in [0, 0.1) is 0 Å². The lowest BCUT2D eigenvalue weighted by Gasteiger charge is -2.29. The number of nitrogens with two attached hydrogens (primary N) is 1. The van der Waals surface area contributed by atoms with E-state index in [-0.39, 0.29) is 12.5 Å². The Hall–Kier alpha value is -2.66. The number of esters is 1. The second kappa shape index (κ2) is 7.30. The molecule has 0 amide bonds. The summed E-state index contributed by atoms with van der Waals surface area (Å²) >= 11 is 6.18. The van der Waals surface area contributed by atoms with Crippen molar-refractivity contribution in [2.75, 3.05) is 25.6 Å². The number of anilines is 1. The van der Waals surface area contributed by atoms with Gasteiger partial charge in [0.05, 0.1) is 12.5 Å². The summed E-state index contributed by atoms with van der Waals surface area (Å²) in [5, 5.41) is 0.585. The molecule has 5 nitrogen and oxygen atoms in total. The van der Waals surface area contributed by atoms with Crippen molar-refractivity contribution in [3.05, 3.63) is 70.1 Å². The van der Waals surface area contributed by atoms with Crippen LogP contribution in [0.2, 0.25) is 5.02 Å². The van der Waals surface area contributed by atoms with Crippen LogP contribution in [0.1, 0.15) is 24.0 Å². The predicted octanol–water partition coefficient (Wildman–Crippen LogP) is 3.66. The fraction of sp³-hybridized carbons (Fsp3) is 0.250. The van der Waals surface area contributed by atoms with Crippen molar-refractivity contribution in [3.63, 3.8) is 0 Å². The summed E-state index contributed by atoms with van der Waals surface area (Å²) in [5.74, 6) is -0.228. The van der Waals surface area contributed by atoms with Gasteiger partial charge in [-0.1, -0.05) is 29.8 Å². The molecule has 6 heteroatoms. The van der Waals surface area contributed by atoms with Gasteiger partial charge in [0.1, 0.15) is 11.3 Å². The van der Waals surface area contributed by atoms with Gasteiger partial charge in [0.2, 0.25) is 5.88 Å². The SMILES string of the molecule is CCOC(=O)C1=C(N)Oc2cc(N(C)C)ccc2C1c1cccc(Cl)c1. The number of hydrogen-bond acceptors (Lipinski definition) is 5. The topological polar surface area (TPSA) is 64.8 Å². The quantitative estimate of drug-likeness (QED) is 0.829. The second-order valence-corrected chi connectivity index (χ2v) is 6.64. The highest BCUT2D eigenvalue weighted by Gasteiger charge is 2.35. The van der Waals surface area contributed by atoms with E-state index in [4.69, 9.17) is 26.8 Å². The van der Waals surface area contributed by atoms with Gasteiger partial charge in [0.15, 0.2) is 0 Å². The van der Waals surface area contributed by atoms with Gasteiger partial charge >= 0.3 is 5.97 Å². The van der Waals surface area contributed by atoms with E-state index in [2.05, 4.69) is 0 Å². The number of ether oxygens (including phenoxy) is 2. The van der Waals surface area contributed by atoms with Crippen molar-refractivity contribution >= 4 is 23.3 Å². The number of benzene rings is 2. The number of hydrogen-bond donors (Lipinski definition) is 1. The Balaban J connectivity index is 2.19. The monoisotopic (exact) mass is 372 g/mol. The van der Waals surface area contributed by atoms with E-state index in [1.807, 2.05) is 55.4 Å². The third-order valence-electron chi connectivity index (χ3n) is 4.28. The zero-order valence-corrected chi connectivity index (χ0v) is 15.7. The summed E-state index contributed by atoms with van der Waals surface area (Å²) in [6.45, 7) is 2.01. The first-order valence-electron chi connectivity index (χ1n) is 8.33. The van der Waals surface area contributed by atoms with Crippen LogP contribution in [0.25, 0.3) is 0 Å². The first-order chi connectivity index (χ1) is 12.4. The third-order valence-corrected chi connectivity index (χ3v) is 4.51. The van der Waals surface area contributed by atoms with Crippen LogP contribution in [-0.2, 0) is 9.53 Å². The number of fused-ring (bicyclic) bond motifs is 1. The summed E-state index contributed by atoms with van der Waals surface area (Å²) in [5.41, 5.74) is 9.09. The lowest BCUT2D eigenvalue weighted by atomic mass is 9.83. The minimum Gasteiger partial charge on any atom is -0.462 e. The summed E-state index contributed by atoms with van der Waals surface area (Å²) in [6.07, 6.45) is 0. The molecule has 0 saturated carbocycles. The Morgan fingerprint density at radius 3 is 2.69 bits per heavy atom. The Labute approximate surface area is 158 Å². The van der Waals surface area contributed by atoms with Crippen molar-refractivity contribution < 1.29 is 14.3 Å². The lowest BCUT2D eigenvalue weighted by molar-refractivity contribution is -0.139. The summed E-state index contributed by atoms with van der Waals surface area (Å²) in [7, 11) is 3.89. The van der Waals surface area contributed by atoms with E-state index in [1.54, 1.807) is 13.0 Å². The van der Waals surface area contributed by atoms with E-state index in [1.165, 1.54) is 0 Å². The minimum atomic E-state index is -0.489. The molecule has 0 saturated heterocycles. The average Bonchev–Trinajstić information content (AvgIpc) is 2.60. The molecule has 0 radical (unpaired) electrons. The number of rotatable bonds is 4. The molecule has 136 valence electrons. The normalized spacial score (nSPS) is 15.9. The molecule has 2 N–H and O–H groups in total. The Morgan fingerprint density at radius 2 is 2.04 bits per heavy atom. The standard InChI is InChI=1S/C20H21ClN2O3/c1-4-25-20(24)18-17(12-6-5-7-13(21)10-12)15-9-8-14(23(2)3)11-16(15)26-19(18)22/h5-11,17H,4,22H2,1-3H3. The van der Waals surface area contributed by atoms with Crippen LogP contribution in [0.5, 0.6) is 5.75 Å². The molecule has 1 unspecified atom stereocenters. The number of halogens is 1. The molecule has 2 aromatic carbocycles. The van der Waals surface area contributed by atoms with Gasteiger partial charge in [-0.3, -0.25) is 0 Å².